The highest BCUT2D eigenvalue weighted by atomic mass is 14.8. The van der Waals surface area contributed by atoms with Crippen molar-refractivity contribution in [1.82, 2.24) is 15.0 Å². The summed E-state index contributed by atoms with van der Waals surface area (Å²) in [6.45, 7) is 0. The zero-order valence-electron chi connectivity index (χ0n) is 32.9. The van der Waals surface area contributed by atoms with Crippen molar-refractivity contribution in [2.75, 3.05) is 0 Å². The highest BCUT2D eigenvalue weighted by molar-refractivity contribution is 5.85. The summed E-state index contributed by atoms with van der Waals surface area (Å²) in [5.41, 5.74) is 20.5. The van der Waals surface area contributed by atoms with Gasteiger partial charge in [0.15, 0.2) is 0 Å². The van der Waals surface area contributed by atoms with Crippen molar-refractivity contribution in [3.63, 3.8) is 0 Å². The fourth-order valence-corrected chi connectivity index (χ4v) is 7.99. The Kier molecular flexibility index (Phi) is 9.97. The highest BCUT2D eigenvalue weighted by Gasteiger charge is 2.12. The van der Waals surface area contributed by atoms with E-state index in [9.17, 15) is 0 Å². The van der Waals surface area contributed by atoms with Gasteiger partial charge in [-0.3, -0.25) is 4.98 Å². The molecule has 2 heterocycles. The van der Waals surface area contributed by atoms with Gasteiger partial charge in [0, 0.05) is 29.7 Å². The molecule has 282 valence electrons. The lowest BCUT2D eigenvalue weighted by atomic mass is 9.90. The van der Waals surface area contributed by atoms with Crippen molar-refractivity contribution in [1.29, 1.82) is 0 Å². The molecular weight excluding hydrogens is 727 g/mol. The molecule has 3 heteroatoms. The Labute approximate surface area is 351 Å². The molecule has 0 aliphatic heterocycles. The molecule has 0 bridgehead atoms. The lowest BCUT2D eigenvalue weighted by Crippen LogP contribution is -1.88. The molecule has 0 spiro atoms. The van der Waals surface area contributed by atoms with Gasteiger partial charge in [0.1, 0.15) is 6.33 Å². The number of rotatable bonds is 9. The molecule has 10 aromatic rings. The van der Waals surface area contributed by atoms with Crippen LogP contribution in [-0.4, -0.2) is 15.0 Å². The van der Waals surface area contributed by atoms with Crippen molar-refractivity contribution in [3.8, 4) is 100 Å². The zero-order chi connectivity index (χ0) is 40.1. The Morgan fingerprint density at radius 1 is 0.217 bits per heavy atom. The minimum Gasteiger partial charge on any atom is -0.256 e. The normalized spacial score (nSPS) is 11.0. The first-order valence-electron chi connectivity index (χ1n) is 20.2. The molecule has 0 saturated carbocycles. The van der Waals surface area contributed by atoms with E-state index in [0.29, 0.717) is 0 Å². The van der Waals surface area contributed by atoms with E-state index in [-0.39, 0.29) is 0 Å². The molecule has 0 radical (unpaired) electrons. The minimum atomic E-state index is 0.971. The van der Waals surface area contributed by atoms with E-state index in [4.69, 9.17) is 0 Å². The van der Waals surface area contributed by atoms with E-state index in [1.165, 1.54) is 61.2 Å². The van der Waals surface area contributed by atoms with E-state index in [0.717, 1.165) is 39.1 Å². The van der Waals surface area contributed by atoms with Gasteiger partial charge in [-0.15, -0.1) is 0 Å². The topological polar surface area (TPSA) is 38.7 Å². The van der Waals surface area contributed by atoms with Gasteiger partial charge >= 0.3 is 0 Å². The quantitative estimate of drug-likeness (QED) is 0.147. The van der Waals surface area contributed by atoms with Crippen LogP contribution in [-0.2, 0) is 0 Å². The van der Waals surface area contributed by atoms with E-state index in [2.05, 4.69) is 215 Å². The number of hydrogen-bond donors (Lipinski definition) is 0. The summed E-state index contributed by atoms with van der Waals surface area (Å²) in [6, 6.07) is 76.3. The van der Waals surface area contributed by atoms with Gasteiger partial charge in [0.25, 0.3) is 0 Å². The van der Waals surface area contributed by atoms with Crippen LogP contribution in [0.2, 0.25) is 0 Å². The maximum Gasteiger partial charge on any atom is 0.115 e. The predicted molar refractivity (Wildman–Crippen MR) is 249 cm³/mol. The maximum absolute atomic E-state index is 4.58. The van der Waals surface area contributed by atoms with Crippen molar-refractivity contribution in [3.05, 3.63) is 237 Å². The largest absolute Gasteiger partial charge is 0.256 e. The Hall–Kier alpha value is -8.01. The lowest BCUT2D eigenvalue weighted by Gasteiger charge is -2.14. The summed E-state index contributed by atoms with van der Waals surface area (Å²) >= 11 is 0. The van der Waals surface area contributed by atoms with Crippen LogP contribution in [0, 0.1) is 0 Å². The molecule has 2 aromatic heterocycles. The second kappa shape index (κ2) is 16.5. The first-order valence-corrected chi connectivity index (χ1v) is 20.2. The average Bonchev–Trinajstić information content (AvgIpc) is 3.35. The second-order valence-corrected chi connectivity index (χ2v) is 15.0. The summed E-state index contributed by atoms with van der Waals surface area (Å²) < 4.78 is 0. The summed E-state index contributed by atoms with van der Waals surface area (Å²) in [5.74, 6) is 0. The van der Waals surface area contributed by atoms with Crippen LogP contribution in [0.25, 0.3) is 100 Å². The summed E-state index contributed by atoms with van der Waals surface area (Å²) in [6.07, 6.45) is 7.12. The maximum atomic E-state index is 4.58. The summed E-state index contributed by atoms with van der Waals surface area (Å²) in [5, 5.41) is 0. The van der Waals surface area contributed by atoms with Gasteiger partial charge in [-0.1, -0.05) is 146 Å². The molecule has 60 heavy (non-hydrogen) atoms. The van der Waals surface area contributed by atoms with Gasteiger partial charge in [-0.25, -0.2) is 9.97 Å². The third-order valence-corrected chi connectivity index (χ3v) is 11.1. The van der Waals surface area contributed by atoms with Crippen LogP contribution in [0.4, 0.5) is 0 Å². The first kappa shape index (κ1) is 36.3. The Bertz CT molecular complexity index is 2900. The number of nitrogens with zero attached hydrogens (tertiary/aromatic N) is 3. The monoisotopic (exact) mass is 765 g/mol. The summed E-state index contributed by atoms with van der Waals surface area (Å²) in [4.78, 5) is 13.0. The van der Waals surface area contributed by atoms with Crippen LogP contribution in [0.15, 0.2) is 237 Å². The van der Waals surface area contributed by atoms with E-state index in [1.807, 2.05) is 30.7 Å². The molecule has 10 rings (SSSR count). The van der Waals surface area contributed by atoms with Gasteiger partial charge in [0.05, 0.1) is 5.69 Å². The molecule has 0 aliphatic carbocycles. The molecule has 8 aromatic carbocycles. The highest BCUT2D eigenvalue weighted by Crippen LogP contribution is 2.37. The number of aromatic nitrogens is 3. The standard InChI is InChI=1S/C57H39N3/c1-2-12-40(13-3-1)53-34-54(49-22-8-18-45(30-49)41-14-6-16-43(28-41)47-20-10-24-51(32-47)56-37-58-39-59-38-56)36-55(35-53)50-23-9-19-46(31-50)42-15-7-17-44(29-42)48-21-11-25-52(33-48)57-26-4-5-27-60-57/h1-39H. The molecule has 3 nitrogen and oxygen atoms in total. The molecule has 0 amide bonds. The number of hydrogen-bond acceptors (Lipinski definition) is 3. The van der Waals surface area contributed by atoms with Crippen LogP contribution in [0.5, 0.6) is 0 Å². The van der Waals surface area contributed by atoms with Gasteiger partial charge in [-0.05, 0) is 150 Å². The van der Waals surface area contributed by atoms with E-state index < -0.39 is 0 Å². The summed E-state index contributed by atoms with van der Waals surface area (Å²) in [7, 11) is 0. The molecule has 0 aliphatic rings. The van der Waals surface area contributed by atoms with Gasteiger partial charge in [0.2, 0.25) is 0 Å². The average molecular weight is 766 g/mol. The van der Waals surface area contributed by atoms with Crippen LogP contribution in [0.1, 0.15) is 0 Å². The van der Waals surface area contributed by atoms with Gasteiger partial charge < -0.3 is 0 Å². The first-order chi connectivity index (χ1) is 29.7. The van der Waals surface area contributed by atoms with Crippen LogP contribution >= 0.6 is 0 Å². The van der Waals surface area contributed by atoms with E-state index in [1.54, 1.807) is 6.33 Å². The second-order valence-electron chi connectivity index (χ2n) is 15.0. The van der Waals surface area contributed by atoms with Crippen LogP contribution in [0.3, 0.4) is 0 Å². The predicted octanol–water partition coefficient (Wildman–Crippen LogP) is 14.9. The molecule has 0 saturated heterocycles. The molecular formula is C57H39N3. The SMILES string of the molecule is c1ccc(-c2cc(-c3cccc(-c4cccc(-c5cccc(-c6cncnc6)c5)c4)c3)cc(-c3cccc(-c4cccc(-c5cccc(-c6ccccn6)c5)c4)c3)c2)cc1. The third-order valence-electron chi connectivity index (χ3n) is 11.1. The van der Waals surface area contributed by atoms with Gasteiger partial charge in [-0.2, -0.15) is 0 Å². The fraction of sp³-hybridized carbons (Fsp3) is 0. The van der Waals surface area contributed by atoms with Crippen LogP contribution < -0.4 is 0 Å². The number of benzene rings is 8. The van der Waals surface area contributed by atoms with Crippen molar-refractivity contribution in [2.24, 2.45) is 0 Å². The zero-order valence-corrected chi connectivity index (χ0v) is 32.9. The number of pyridine rings is 1. The van der Waals surface area contributed by atoms with Crippen molar-refractivity contribution >= 4 is 0 Å². The van der Waals surface area contributed by atoms with Crippen molar-refractivity contribution < 1.29 is 0 Å². The third kappa shape index (κ3) is 7.80. The Morgan fingerprint density at radius 2 is 0.517 bits per heavy atom. The Morgan fingerprint density at radius 3 is 0.917 bits per heavy atom. The molecule has 0 unspecified atom stereocenters. The van der Waals surface area contributed by atoms with Crippen molar-refractivity contribution in [2.45, 2.75) is 0 Å². The minimum absolute atomic E-state index is 0.971. The molecule has 0 atom stereocenters. The fourth-order valence-electron chi connectivity index (χ4n) is 7.99. The molecule has 0 N–H and O–H groups in total. The smallest absolute Gasteiger partial charge is 0.115 e. The van der Waals surface area contributed by atoms with E-state index >= 15 is 0 Å². The lowest BCUT2D eigenvalue weighted by molar-refractivity contribution is 1.17. The molecule has 0 fully saturated rings. The Balaban J connectivity index is 0.997.